The predicted octanol–water partition coefficient (Wildman–Crippen LogP) is 3.83. The highest BCUT2D eigenvalue weighted by atomic mass is 19.1. The lowest BCUT2D eigenvalue weighted by molar-refractivity contribution is 0.0763. The third-order valence-electron chi connectivity index (χ3n) is 4.96. The van der Waals surface area contributed by atoms with Crippen LogP contribution in [0.5, 0.6) is 0 Å². The number of carbonyl (C=O) groups is 1. The van der Waals surface area contributed by atoms with Crippen LogP contribution in [0.2, 0.25) is 0 Å². The summed E-state index contributed by atoms with van der Waals surface area (Å²) >= 11 is 0. The molecule has 0 unspecified atom stereocenters. The molecular weight excluding hydrogens is 341 g/mol. The van der Waals surface area contributed by atoms with Gasteiger partial charge in [-0.05, 0) is 55.3 Å². The molecule has 0 saturated carbocycles. The molecule has 0 spiro atoms. The Morgan fingerprint density at radius 1 is 0.963 bits per heavy atom. The van der Waals surface area contributed by atoms with Gasteiger partial charge in [0.25, 0.3) is 5.91 Å². The Labute approximate surface area is 157 Å². The Bertz CT molecular complexity index is 971. The normalized spacial score (nSPS) is 13.8. The fraction of sp³-hybridized carbons (Fsp3) is 0.227. The van der Waals surface area contributed by atoms with E-state index in [1.807, 2.05) is 42.2 Å². The lowest BCUT2D eigenvalue weighted by Gasteiger charge is -2.20. The van der Waals surface area contributed by atoms with Crippen LogP contribution < -0.4 is 0 Å². The van der Waals surface area contributed by atoms with Gasteiger partial charge in [-0.3, -0.25) is 4.79 Å². The zero-order valence-electron chi connectivity index (χ0n) is 15.2. The summed E-state index contributed by atoms with van der Waals surface area (Å²) in [4.78, 5) is 24.0. The number of amides is 1. The Hall–Kier alpha value is -3.08. The van der Waals surface area contributed by atoms with Gasteiger partial charge in [-0.25, -0.2) is 14.4 Å². The van der Waals surface area contributed by atoms with E-state index in [0.717, 1.165) is 28.9 Å². The first-order valence-electron chi connectivity index (χ1n) is 9.08. The fourth-order valence-electron chi connectivity index (χ4n) is 3.48. The van der Waals surface area contributed by atoms with E-state index in [1.165, 1.54) is 12.1 Å². The number of rotatable bonds is 2. The molecule has 136 valence electrons. The highest BCUT2D eigenvalue weighted by Crippen LogP contribution is 2.23. The first-order valence-corrected chi connectivity index (χ1v) is 9.08. The molecule has 27 heavy (non-hydrogen) atoms. The van der Waals surface area contributed by atoms with Crippen molar-refractivity contribution >= 4 is 5.91 Å². The Kier molecular flexibility index (Phi) is 4.67. The lowest BCUT2D eigenvalue weighted by atomic mass is 10.1. The number of halogens is 1. The van der Waals surface area contributed by atoms with Gasteiger partial charge < -0.3 is 4.90 Å². The first-order chi connectivity index (χ1) is 13.1. The van der Waals surface area contributed by atoms with Crippen LogP contribution in [-0.2, 0) is 12.8 Å². The minimum atomic E-state index is -0.278. The molecular formula is C22H20FN3O. The van der Waals surface area contributed by atoms with Crippen molar-refractivity contribution in [1.29, 1.82) is 0 Å². The molecule has 0 radical (unpaired) electrons. The molecule has 2 aromatic carbocycles. The number of aryl methyl sites for hydroxylation is 1. The Morgan fingerprint density at radius 3 is 2.41 bits per heavy atom. The van der Waals surface area contributed by atoms with E-state index in [-0.39, 0.29) is 11.7 Å². The lowest BCUT2D eigenvalue weighted by Crippen LogP contribution is -2.33. The van der Waals surface area contributed by atoms with Gasteiger partial charge in [-0.15, -0.1) is 0 Å². The summed E-state index contributed by atoms with van der Waals surface area (Å²) in [6, 6.07) is 15.6. The SMILES string of the molecule is Cc1nc(-c2ccc(F)cc2)nc2c1CCN(C(=O)c1ccccc1)CC2. The first kappa shape index (κ1) is 17.3. The molecule has 1 aliphatic rings. The van der Waals surface area contributed by atoms with E-state index in [4.69, 9.17) is 4.98 Å². The van der Waals surface area contributed by atoms with Crippen LogP contribution in [-0.4, -0.2) is 33.9 Å². The van der Waals surface area contributed by atoms with Crippen LogP contribution >= 0.6 is 0 Å². The van der Waals surface area contributed by atoms with E-state index >= 15 is 0 Å². The summed E-state index contributed by atoms with van der Waals surface area (Å²) in [7, 11) is 0. The van der Waals surface area contributed by atoms with Crippen molar-refractivity contribution in [2.75, 3.05) is 13.1 Å². The number of nitrogens with zero attached hydrogens (tertiary/aromatic N) is 3. The molecule has 2 heterocycles. The topological polar surface area (TPSA) is 46.1 Å². The van der Waals surface area contributed by atoms with Gasteiger partial charge in [0.1, 0.15) is 5.82 Å². The van der Waals surface area contributed by atoms with Gasteiger partial charge in [0.05, 0.1) is 0 Å². The number of benzene rings is 2. The summed E-state index contributed by atoms with van der Waals surface area (Å²) in [5.41, 5.74) is 4.52. The maximum absolute atomic E-state index is 13.2. The molecule has 0 atom stereocenters. The third kappa shape index (κ3) is 3.58. The van der Waals surface area contributed by atoms with Crippen LogP contribution in [0.3, 0.4) is 0 Å². The van der Waals surface area contributed by atoms with Crippen molar-refractivity contribution in [3.8, 4) is 11.4 Å². The molecule has 0 fully saturated rings. The summed E-state index contributed by atoms with van der Waals surface area (Å²) in [6.45, 7) is 3.25. The van der Waals surface area contributed by atoms with Gasteiger partial charge in [0.2, 0.25) is 0 Å². The minimum Gasteiger partial charge on any atom is -0.338 e. The zero-order valence-corrected chi connectivity index (χ0v) is 15.2. The molecule has 4 rings (SSSR count). The Morgan fingerprint density at radius 2 is 1.67 bits per heavy atom. The van der Waals surface area contributed by atoms with Crippen molar-refractivity contribution < 1.29 is 9.18 Å². The van der Waals surface area contributed by atoms with Crippen LogP contribution in [0, 0.1) is 12.7 Å². The minimum absolute atomic E-state index is 0.0489. The summed E-state index contributed by atoms with van der Waals surface area (Å²) in [5.74, 6) is 0.377. The second-order valence-corrected chi connectivity index (χ2v) is 6.72. The number of hydrogen-bond donors (Lipinski definition) is 0. The maximum atomic E-state index is 13.2. The van der Waals surface area contributed by atoms with Crippen LogP contribution in [0.25, 0.3) is 11.4 Å². The van der Waals surface area contributed by atoms with Crippen molar-refractivity contribution in [3.63, 3.8) is 0 Å². The molecule has 0 aliphatic carbocycles. The van der Waals surface area contributed by atoms with E-state index in [1.54, 1.807) is 12.1 Å². The predicted molar refractivity (Wildman–Crippen MR) is 102 cm³/mol. The van der Waals surface area contributed by atoms with E-state index in [9.17, 15) is 9.18 Å². The van der Waals surface area contributed by atoms with Crippen molar-refractivity contribution in [2.24, 2.45) is 0 Å². The van der Waals surface area contributed by atoms with Gasteiger partial charge in [0, 0.05) is 42.0 Å². The summed E-state index contributed by atoms with van der Waals surface area (Å²) in [6.07, 6.45) is 1.43. The number of fused-ring (bicyclic) bond motifs is 1. The van der Waals surface area contributed by atoms with Crippen LogP contribution in [0.15, 0.2) is 54.6 Å². The Balaban J connectivity index is 1.60. The standard InChI is InChI=1S/C22H20FN3O/c1-15-19-11-13-26(22(27)17-5-3-2-4-6-17)14-12-20(19)25-21(24-15)16-7-9-18(23)10-8-16/h2-10H,11-14H2,1H3. The molecule has 5 heteroatoms. The van der Waals surface area contributed by atoms with Crippen molar-refractivity contribution in [3.05, 3.63) is 82.9 Å². The fourth-order valence-corrected chi connectivity index (χ4v) is 3.48. The van der Waals surface area contributed by atoms with Crippen LogP contribution in [0.4, 0.5) is 4.39 Å². The van der Waals surface area contributed by atoms with Crippen molar-refractivity contribution in [1.82, 2.24) is 14.9 Å². The van der Waals surface area contributed by atoms with Crippen LogP contribution in [0.1, 0.15) is 27.3 Å². The average molecular weight is 361 g/mol. The quantitative estimate of drug-likeness (QED) is 0.697. The highest BCUT2D eigenvalue weighted by molar-refractivity contribution is 5.94. The van der Waals surface area contributed by atoms with Gasteiger partial charge in [-0.2, -0.15) is 0 Å². The molecule has 3 aromatic rings. The van der Waals surface area contributed by atoms with E-state index in [0.29, 0.717) is 30.9 Å². The number of aromatic nitrogens is 2. The molecule has 1 amide bonds. The molecule has 4 nitrogen and oxygen atoms in total. The zero-order chi connectivity index (χ0) is 18.8. The maximum Gasteiger partial charge on any atom is 0.253 e. The van der Waals surface area contributed by atoms with Gasteiger partial charge in [0.15, 0.2) is 5.82 Å². The largest absolute Gasteiger partial charge is 0.338 e. The monoisotopic (exact) mass is 361 g/mol. The second kappa shape index (κ2) is 7.27. The van der Waals surface area contributed by atoms with Crippen molar-refractivity contribution in [2.45, 2.75) is 19.8 Å². The smallest absolute Gasteiger partial charge is 0.253 e. The molecule has 0 bridgehead atoms. The molecule has 1 aliphatic heterocycles. The second-order valence-electron chi connectivity index (χ2n) is 6.72. The molecule has 0 saturated heterocycles. The third-order valence-corrected chi connectivity index (χ3v) is 4.96. The highest BCUT2D eigenvalue weighted by Gasteiger charge is 2.22. The number of carbonyl (C=O) groups excluding carboxylic acids is 1. The summed E-state index contributed by atoms with van der Waals surface area (Å²) in [5, 5.41) is 0. The number of hydrogen-bond acceptors (Lipinski definition) is 3. The van der Waals surface area contributed by atoms with E-state index < -0.39 is 0 Å². The van der Waals surface area contributed by atoms with Gasteiger partial charge in [-0.1, -0.05) is 18.2 Å². The average Bonchev–Trinajstić information content (AvgIpc) is 2.92. The molecule has 1 aromatic heterocycles. The molecule has 0 N–H and O–H groups in total. The van der Waals surface area contributed by atoms with Gasteiger partial charge >= 0.3 is 0 Å². The van der Waals surface area contributed by atoms with E-state index in [2.05, 4.69) is 4.98 Å². The summed E-state index contributed by atoms with van der Waals surface area (Å²) < 4.78 is 13.2.